The first-order chi connectivity index (χ1) is 15.0. The van der Waals surface area contributed by atoms with E-state index in [9.17, 15) is 0 Å². The normalized spacial score (nSPS) is 16.1. The average Bonchev–Trinajstić information content (AvgIpc) is 3.20. The Morgan fingerprint density at radius 1 is 1.16 bits per heavy atom. The molecule has 0 saturated heterocycles. The Morgan fingerprint density at radius 3 is 2.58 bits per heavy atom. The number of aliphatic imine (C=N–C) groups is 2. The highest BCUT2D eigenvalue weighted by atomic mass is 15.3. The zero-order chi connectivity index (χ0) is 22.2. The minimum atomic E-state index is 0.200. The number of nitrogens with one attached hydrogen (secondary N) is 2. The molecule has 3 rings (SSSR count). The van der Waals surface area contributed by atoms with Crippen molar-refractivity contribution in [1.29, 1.82) is 0 Å². The van der Waals surface area contributed by atoms with E-state index >= 15 is 0 Å². The van der Waals surface area contributed by atoms with Gasteiger partial charge in [0.05, 0.1) is 12.0 Å². The van der Waals surface area contributed by atoms with Crippen LogP contribution < -0.4 is 16.4 Å². The summed E-state index contributed by atoms with van der Waals surface area (Å²) in [7, 11) is 0. The number of aromatic nitrogens is 1. The first kappa shape index (κ1) is 22.1. The lowest BCUT2D eigenvalue weighted by atomic mass is 10.1. The quantitative estimate of drug-likeness (QED) is 0.580. The molecule has 4 N–H and O–H groups in total. The van der Waals surface area contributed by atoms with E-state index in [1.807, 2.05) is 23.1 Å². The monoisotopic (exact) mass is 417 g/mol. The molecule has 0 bridgehead atoms. The minimum absolute atomic E-state index is 0.200. The molecule has 0 amide bonds. The lowest BCUT2D eigenvalue weighted by Crippen LogP contribution is -2.35. The Kier molecular flexibility index (Phi) is 7.43. The average molecular weight is 418 g/mol. The number of nitrogens with two attached hydrogens (primary N) is 1. The molecule has 2 heterocycles. The van der Waals surface area contributed by atoms with Crippen molar-refractivity contribution in [3.8, 4) is 11.3 Å². The third-order valence-electron chi connectivity index (χ3n) is 4.80. The van der Waals surface area contributed by atoms with Gasteiger partial charge in [-0.2, -0.15) is 0 Å². The van der Waals surface area contributed by atoms with E-state index in [0.29, 0.717) is 29.7 Å². The van der Waals surface area contributed by atoms with E-state index in [1.54, 1.807) is 12.5 Å². The molecule has 31 heavy (non-hydrogen) atoms. The van der Waals surface area contributed by atoms with Crippen molar-refractivity contribution in [1.82, 2.24) is 20.5 Å². The summed E-state index contributed by atoms with van der Waals surface area (Å²) >= 11 is 0. The molecule has 2 aromatic rings. The Balaban J connectivity index is 1.72. The fraction of sp³-hybridized carbons (Fsp3) is 0.292. The number of nitrogens with zero attached hydrogens (tertiary/aromatic N) is 4. The Morgan fingerprint density at radius 2 is 1.94 bits per heavy atom. The molecule has 1 aromatic carbocycles. The molecular weight excluding hydrogens is 386 g/mol. The highest BCUT2D eigenvalue weighted by Crippen LogP contribution is 2.19. The van der Waals surface area contributed by atoms with Gasteiger partial charge in [0.1, 0.15) is 17.3 Å². The maximum Gasteiger partial charge on any atom is 0.166 e. The van der Waals surface area contributed by atoms with Crippen LogP contribution in [0.25, 0.3) is 11.3 Å². The Bertz CT molecular complexity index is 973. The number of amidine groups is 1. The highest BCUT2D eigenvalue weighted by molar-refractivity contribution is 6.09. The summed E-state index contributed by atoms with van der Waals surface area (Å²) in [5.74, 6) is 1.78. The zero-order valence-corrected chi connectivity index (χ0v) is 18.5. The van der Waals surface area contributed by atoms with Crippen LogP contribution in [0, 0.1) is 0 Å². The number of hydrogen-bond donors (Lipinski definition) is 3. The van der Waals surface area contributed by atoms with Crippen LogP contribution in [0.2, 0.25) is 0 Å². The smallest absolute Gasteiger partial charge is 0.166 e. The molecule has 0 saturated carbocycles. The molecule has 1 aliphatic heterocycles. The maximum absolute atomic E-state index is 6.36. The second-order valence-corrected chi connectivity index (χ2v) is 7.58. The van der Waals surface area contributed by atoms with E-state index < -0.39 is 0 Å². The lowest BCUT2D eigenvalue weighted by molar-refractivity contribution is 0.519. The Labute approximate surface area is 184 Å². The predicted octanol–water partition coefficient (Wildman–Crippen LogP) is 3.59. The highest BCUT2D eigenvalue weighted by Gasteiger charge is 2.25. The van der Waals surface area contributed by atoms with Crippen molar-refractivity contribution in [3.05, 3.63) is 78.1 Å². The van der Waals surface area contributed by atoms with Crippen molar-refractivity contribution in [2.24, 2.45) is 15.7 Å². The van der Waals surface area contributed by atoms with E-state index in [0.717, 1.165) is 29.8 Å². The summed E-state index contributed by atoms with van der Waals surface area (Å²) in [4.78, 5) is 15.5. The van der Waals surface area contributed by atoms with E-state index in [1.165, 1.54) is 0 Å². The van der Waals surface area contributed by atoms with Crippen molar-refractivity contribution in [2.75, 3.05) is 6.54 Å². The Hall–Kier alpha value is -3.61. The van der Waals surface area contributed by atoms with Crippen molar-refractivity contribution in [2.45, 2.75) is 39.8 Å². The third kappa shape index (κ3) is 5.72. The van der Waals surface area contributed by atoms with Gasteiger partial charge < -0.3 is 21.3 Å². The summed E-state index contributed by atoms with van der Waals surface area (Å²) < 4.78 is 0. The van der Waals surface area contributed by atoms with Crippen LogP contribution in [-0.2, 0) is 6.54 Å². The summed E-state index contributed by atoms with van der Waals surface area (Å²) in [6, 6.07) is 14.4. The SMILES string of the molecule is C=C(/N=C1\C(=C(/N)NCc2ccc(-c3ccccn3)cc2)N=CN1C(C)C)NCCC. The summed E-state index contributed by atoms with van der Waals surface area (Å²) in [6.45, 7) is 11.7. The van der Waals surface area contributed by atoms with Crippen LogP contribution in [0.1, 0.15) is 32.8 Å². The van der Waals surface area contributed by atoms with Gasteiger partial charge in [0.15, 0.2) is 5.84 Å². The lowest BCUT2D eigenvalue weighted by Gasteiger charge is -2.21. The largest absolute Gasteiger partial charge is 0.384 e. The van der Waals surface area contributed by atoms with Crippen LogP contribution >= 0.6 is 0 Å². The molecule has 0 aliphatic carbocycles. The topological polar surface area (TPSA) is 90.9 Å². The third-order valence-corrected chi connectivity index (χ3v) is 4.80. The first-order valence-corrected chi connectivity index (χ1v) is 10.6. The first-order valence-electron chi connectivity index (χ1n) is 10.6. The van der Waals surface area contributed by atoms with Gasteiger partial charge in [-0.15, -0.1) is 0 Å². The fourth-order valence-corrected chi connectivity index (χ4v) is 3.08. The summed E-state index contributed by atoms with van der Waals surface area (Å²) in [6.07, 6.45) is 4.56. The molecule has 162 valence electrons. The molecule has 1 aliphatic rings. The number of pyridine rings is 1. The van der Waals surface area contributed by atoms with E-state index in [2.05, 4.69) is 77.2 Å². The number of benzene rings is 1. The van der Waals surface area contributed by atoms with Crippen LogP contribution in [0.3, 0.4) is 0 Å². The molecule has 0 radical (unpaired) electrons. The molecule has 1 aromatic heterocycles. The van der Waals surface area contributed by atoms with Gasteiger partial charge in [-0.25, -0.2) is 9.98 Å². The second kappa shape index (κ2) is 10.4. The van der Waals surface area contributed by atoms with Gasteiger partial charge in [-0.05, 0) is 38.0 Å². The van der Waals surface area contributed by atoms with Crippen molar-refractivity contribution < 1.29 is 0 Å². The zero-order valence-electron chi connectivity index (χ0n) is 18.5. The fourth-order valence-electron chi connectivity index (χ4n) is 3.08. The minimum Gasteiger partial charge on any atom is -0.384 e. The second-order valence-electron chi connectivity index (χ2n) is 7.58. The van der Waals surface area contributed by atoms with Gasteiger partial charge in [-0.3, -0.25) is 4.98 Å². The van der Waals surface area contributed by atoms with Crippen molar-refractivity contribution in [3.63, 3.8) is 0 Å². The molecule has 0 fully saturated rings. The molecule has 7 nitrogen and oxygen atoms in total. The van der Waals surface area contributed by atoms with E-state index in [4.69, 9.17) is 5.73 Å². The maximum atomic E-state index is 6.36. The van der Waals surface area contributed by atoms with Gasteiger partial charge >= 0.3 is 0 Å². The van der Waals surface area contributed by atoms with Crippen LogP contribution in [-0.4, -0.2) is 34.6 Å². The van der Waals surface area contributed by atoms with Crippen molar-refractivity contribution >= 4 is 12.2 Å². The van der Waals surface area contributed by atoms with Crippen LogP contribution in [0.5, 0.6) is 0 Å². The number of hydrogen-bond acceptors (Lipinski definition) is 6. The molecule has 0 spiro atoms. The standard InChI is InChI=1S/C24H31N7/c1-5-13-26-18(4)30-24-22(29-16-31(24)17(2)3)23(25)28-15-19-9-11-20(12-10-19)21-8-6-7-14-27-21/h6-12,14,16-17,26,28H,4-5,13,15,25H2,1-3H3/b23-22-,30-24+. The van der Waals surface area contributed by atoms with Gasteiger partial charge in [-0.1, -0.05) is 43.8 Å². The predicted molar refractivity (Wildman–Crippen MR) is 128 cm³/mol. The molecule has 0 atom stereocenters. The summed E-state index contributed by atoms with van der Waals surface area (Å²) in [5.41, 5.74) is 10.1. The molecule has 7 heteroatoms. The van der Waals surface area contributed by atoms with Crippen LogP contribution in [0.4, 0.5) is 0 Å². The van der Waals surface area contributed by atoms with Crippen LogP contribution in [0.15, 0.2) is 82.6 Å². The van der Waals surface area contributed by atoms with Gasteiger partial charge in [0.2, 0.25) is 0 Å². The summed E-state index contributed by atoms with van der Waals surface area (Å²) in [5, 5.41) is 6.48. The van der Waals surface area contributed by atoms with Gasteiger partial charge in [0, 0.05) is 30.9 Å². The molecular formula is C24H31N7. The van der Waals surface area contributed by atoms with E-state index in [-0.39, 0.29) is 6.04 Å². The molecule has 0 unspecified atom stereocenters. The van der Waals surface area contributed by atoms with Gasteiger partial charge in [0.25, 0.3) is 0 Å². The number of rotatable bonds is 9.